The molecule has 3 rings (SSSR count). The average Bonchev–Trinajstić information content (AvgIpc) is 2.55. The Hall–Kier alpha value is -1.44. The molecule has 2 nitrogen and oxygen atoms in total. The van der Waals surface area contributed by atoms with E-state index in [4.69, 9.17) is 4.74 Å². The molecular weight excluding hydrogens is 186 g/mol. The second-order valence-electron chi connectivity index (χ2n) is 4.19. The summed E-state index contributed by atoms with van der Waals surface area (Å²) in [6.45, 7) is 1.16. The molecule has 1 aromatic carbocycles. The van der Waals surface area contributed by atoms with Gasteiger partial charge in [-0.25, -0.2) is 0 Å². The molecule has 15 heavy (non-hydrogen) atoms. The molecule has 0 atom stereocenters. The van der Waals surface area contributed by atoms with Crippen molar-refractivity contribution >= 4 is 10.9 Å². The molecule has 0 N–H and O–H groups in total. The predicted octanol–water partition coefficient (Wildman–Crippen LogP) is 2.99. The van der Waals surface area contributed by atoms with Crippen LogP contribution in [0.3, 0.4) is 0 Å². The van der Waals surface area contributed by atoms with Gasteiger partial charge >= 0.3 is 0 Å². The van der Waals surface area contributed by atoms with E-state index in [1.54, 1.807) is 7.11 Å². The molecule has 0 aliphatic carbocycles. The number of benzene rings is 1. The van der Waals surface area contributed by atoms with Crippen molar-refractivity contribution in [3.8, 4) is 5.75 Å². The van der Waals surface area contributed by atoms with E-state index in [0.717, 1.165) is 12.3 Å². The number of aromatic nitrogens is 1. The Balaban J connectivity index is 2.31. The number of methoxy groups -OCH3 is 1. The van der Waals surface area contributed by atoms with Crippen LogP contribution in [0.1, 0.15) is 18.4 Å². The highest BCUT2D eigenvalue weighted by Crippen LogP contribution is 2.29. The van der Waals surface area contributed by atoms with Crippen LogP contribution in [0.5, 0.6) is 5.75 Å². The summed E-state index contributed by atoms with van der Waals surface area (Å²) < 4.78 is 7.70. The number of aryl methyl sites for hydroxylation is 2. The minimum absolute atomic E-state index is 0.983. The Morgan fingerprint density at radius 2 is 2.20 bits per heavy atom. The van der Waals surface area contributed by atoms with Crippen molar-refractivity contribution in [2.24, 2.45) is 0 Å². The van der Waals surface area contributed by atoms with Gasteiger partial charge in [-0.3, -0.25) is 0 Å². The fourth-order valence-corrected chi connectivity index (χ4v) is 2.50. The van der Waals surface area contributed by atoms with Crippen molar-refractivity contribution in [2.45, 2.75) is 25.8 Å². The van der Waals surface area contributed by atoms with Crippen LogP contribution in [0.25, 0.3) is 10.9 Å². The topological polar surface area (TPSA) is 14.2 Å². The van der Waals surface area contributed by atoms with Gasteiger partial charge in [-0.05, 0) is 43.0 Å². The van der Waals surface area contributed by atoms with Crippen LogP contribution in [0.15, 0.2) is 24.4 Å². The van der Waals surface area contributed by atoms with Gasteiger partial charge in [-0.1, -0.05) is 0 Å². The lowest BCUT2D eigenvalue weighted by atomic mass is 10.1. The highest BCUT2D eigenvalue weighted by atomic mass is 16.5. The van der Waals surface area contributed by atoms with Crippen LogP contribution >= 0.6 is 0 Å². The lowest BCUT2D eigenvalue weighted by molar-refractivity contribution is 0.415. The molecule has 0 saturated carbocycles. The molecule has 0 fully saturated rings. The minimum atomic E-state index is 0.983. The summed E-state index contributed by atoms with van der Waals surface area (Å²) in [5.41, 5.74) is 2.85. The van der Waals surface area contributed by atoms with Crippen molar-refractivity contribution in [3.05, 3.63) is 30.0 Å². The maximum Gasteiger partial charge on any atom is 0.119 e. The number of rotatable bonds is 1. The SMILES string of the molecule is COc1cc2c3c(ccn3CCCC2)c1. The van der Waals surface area contributed by atoms with Gasteiger partial charge in [0.1, 0.15) is 5.75 Å². The van der Waals surface area contributed by atoms with E-state index >= 15 is 0 Å². The third-order valence-corrected chi connectivity index (χ3v) is 3.24. The first-order valence-electron chi connectivity index (χ1n) is 5.54. The van der Waals surface area contributed by atoms with Crippen LogP contribution in [0.4, 0.5) is 0 Å². The predicted molar refractivity (Wildman–Crippen MR) is 61.4 cm³/mol. The first-order valence-corrected chi connectivity index (χ1v) is 5.54. The third kappa shape index (κ3) is 1.32. The maximum absolute atomic E-state index is 5.33. The lowest BCUT2D eigenvalue weighted by Gasteiger charge is -2.06. The fraction of sp³-hybridized carbons (Fsp3) is 0.385. The van der Waals surface area contributed by atoms with Gasteiger partial charge in [0, 0.05) is 18.1 Å². The summed E-state index contributed by atoms with van der Waals surface area (Å²) in [7, 11) is 1.74. The van der Waals surface area contributed by atoms with Crippen LogP contribution in [0.2, 0.25) is 0 Å². The van der Waals surface area contributed by atoms with Crippen molar-refractivity contribution in [1.29, 1.82) is 0 Å². The average molecular weight is 201 g/mol. The zero-order valence-corrected chi connectivity index (χ0v) is 8.99. The molecule has 0 radical (unpaired) electrons. The largest absolute Gasteiger partial charge is 0.497 e. The second kappa shape index (κ2) is 3.30. The van der Waals surface area contributed by atoms with Gasteiger partial charge in [-0.15, -0.1) is 0 Å². The van der Waals surface area contributed by atoms with E-state index in [9.17, 15) is 0 Å². The molecule has 0 spiro atoms. The van der Waals surface area contributed by atoms with E-state index in [1.807, 2.05) is 0 Å². The van der Waals surface area contributed by atoms with Crippen molar-refractivity contribution in [3.63, 3.8) is 0 Å². The zero-order chi connectivity index (χ0) is 10.3. The Labute approximate surface area is 89.5 Å². The van der Waals surface area contributed by atoms with Crippen molar-refractivity contribution < 1.29 is 4.74 Å². The molecule has 2 aromatic rings. The van der Waals surface area contributed by atoms with Crippen molar-refractivity contribution in [1.82, 2.24) is 4.57 Å². The molecule has 0 amide bonds. The summed E-state index contributed by atoms with van der Waals surface area (Å²) in [6, 6.07) is 6.50. The first-order chi connectivity index (χ1) is 7.38. The van der Waals surface area contributed by atoms with Gasteiger partial charge in [0.25, 0.3) is 0 Å². The van der Waals surface area contributed by atoms with Crippen LogP contribution in [-0.4, -0.2) is 11.7 Å². The van der Waals surface area contributed by atoms with E-state index in [0.29, 0.717) is 0 Å². The second-order valence-corrected chi connectivity index (χ2v) is 4.19. The Morgan fingerprint density at radius 3 is 3.07 bits per heavy atom. The number of hydrogen-bond acceptors (Lipinski definition) is 1. The summed E-state index contributed by atoms with van der Waals surface area (Å²) in [5, 5.41) is 1.31. The van der Waals surface area contributed by atoms with Gasteiger partial charge in [0.05, 0.1) is 12.6 Å². The normalized spacial score (nSPS) is 15.3. The van der Waals surface area contributed by atoms with Gasteiger partial charge in [0.15, 0.2) is 0 Å². The summed E-state index contributed by atoms with van der Waals surface area (Å²) in [4.78, 5) is 0. The fourth-order valence-electron chi connectivity index (χ4n) is 2.50. The highest BCUT2D eigenvalue weighted by molar-refractivity contribution is 5.85. The number of nitrogens with zero attached hydrogens (tertiary/aromatic N) is 1. The van der Waals surface area contributed by atoms with E-state index < -0.39 is 0 Å². The smallest absolute Gasteiger partial charge is 0.119 e. The molecular formula is C13H15NO. The quantitative estimate of drug-likeness (QED) is 0.691. The molecule has 0 bridgehead atoms. The van der Waals surface area contributed by atoms with E-state index in [2.05, 4.69) is 29.0 Å². The summed E-state index contributed by atoms with van der Waals surface area (Å²) in [5.74, 6) is 0.983. The molecule has 1 aromatic heterocycles. The van der Waals surface area contributed by atoms with Crippen LogP contribution < -0.4 is 4.74 Å². The summed E-state index contributed by atoms with van der Waals surface area (Å²) >= 11 is 0. The van der Waals surface area contributed by atoms with E-state index in [-0.39, 0.29) is 0 Å². The molecule has 0 saturated heterocycles. The van der Waals surface area contributed by atoms with Gasteiger partial charge < -0.3 is 9.30 Å². The van der Waals surface area contributed by atoms with Crippen LogP contribution in [-0.2, 0) is 13.0 Å². The maximum atomic E-state index is 5.33. The Morgan fingerprint density at radius 1 is 1.27 bits per heavy atom. The Bertz CT molecular complexity index is 498. The molecule has 2 heteroatoms. The van der Waals surface area contributed by atoms with E-state index in [1.165, 1.54) is 35.7 Å². The van der Waals surface area contributed by atoms with Gasteiger partial charge in [0.2, 0.25) is 0 Å². The van der Waals surface area contributed by atoms with Gasteiger partial charge in [-0.2, -0.15) is 0 Å². The highest BCUT2D eigenvalue weighted by Gasteiger charge is 2.12. The molecule has 1 aliphatic rings. The molecule has 78 valence electrons. The molecule has 1 aliphatic heterocycles. The monoisotopic (exact) mass is 201 g/mol. The lowest BCUT2D eigenvalue weighted by Crippen LogP contribution is -1.94. The minimum Gasteiger partial charge on any atom is -0.497 e. The zero-order valence-electron chi connectivity index (χ0n) is 8.99. The summed E-state index contributed by atoms with van der Waals surface area (Å²) in [6.07, 6.45) is 5.93. The molecule has 2 heterocycles. The molecule has 0 unspecified atom stereocenters. The first kappa shape index (κ1) is 8.84. The Kier molecular flexibility index (Phi) is 1.94. The van der Waals surface area contributed by atoms with Crippen LogP contribution in [0, 0.1) is 0 Å². The number of hydrogen-bond donors (Lipinski definition) is 0. The standard InChI is InChI=1S/C13H15NO/c1-15-12-8-10-4-2-3-6-14-7-5-11(9-12)13(10)14/h5,7-9H,2-4,6H2,1H3. The third-order valence-electron chi connectivity index (χ3n) is 3.24. The number of ether oxygens (including phenoxy) is 1. The van der Waals surface area contributed by atoms with Crippen molar-refractivity contribution in [2.75, 3.05) is 7.11 Å².